The maximum absolute atomic E-state index is 11.3. The van der Waals surface area contributed by atoms with Crippen LogP contribution in [0, 0.1) is 0 Å². The van der Waals surface area contributed by atoms with E-state index in [0.29, 0.717) is 11.1 Å². The SMILES string of the molecule is O=C(O)c1cccc(-c2ccccc2)c1C(=O)O.[Cu].c1cn[nH]n1. The van der Waals surface area contributed by atoms with Crippen molar-refractivity contribution in [2.24, 2.45) is 0 Å². The van der Waals surface area contributed by atoms with E-state index in [9.17, 15) is 14.7 Å². The molecule has 24 heavy (non-hydrogen) atoms. The number of carboxylic acid groups (broad SMARTS) is 2. The van der Waals surface area contributed by atoms with Gasteiger partial charge in [0, 0.05) is 17.1 Å². The van der Waals surface area contributed by atoms with E-state index in [1.807, 2.05) is 6.07 Å². The Morgan fingerprint density at radius 1 is 0.833 bits per heavy atom. The number of aromatic amines is 1. The molecule has 127 valence electrons. The number of benzene rings is 2. The number of carboxylic acids is 2. The van der Waals surface area contributed by atoms with Crippen LogP contribution in [0.25, 0.3) is 11.1 Å². The van der Waals surface area contributed by atoms with E-state index in [1.54, 1.807) is 42.7 Å². The summed E-state index contributed by atoms with van der Waals surface area (Å²) < 4.78 is 0. The van der Waals surface area contributed by atoms with E-state index in [-0.39, 0.29) is 28.2 Å². The molecule has 0 aliphatic heterocycles. The fourth-order valence-electron chi connectivity index (χ4n) is 1.99. The monoisotopic (exact) mass is 374 g/mol. The normalized spacial score (nSPS) is 9.17. The van der Waals surface area contributed by atoms with Crippen molar-refractivity contribution in [1.29, 1.82) is 0 Å². The zero-order chi connectivity index (χ0) is 16.7. The Bertz CT molecular complexity index is 775. The fourth-order valence-corrected chi connectivity index (χ4v) is 1.99. The Morgan fingerprint density at radius 2 is 1.46 bits per heavy atom. The number of H-pyrrole nitrogens is 1. The van der Waals surface area contributed by atoms with Gasteiger partial charge in [-0.3, -0.25) is 0 Å². The summed E-state index contributed by atoms with van der Waals surface area (Å²) in [5.74, 6) is -2.49. The molecular weight excluding hydrogens is 362 g/mol. The quantitative estimate of drug-likeness (QED) is 0.606. The maximum Gasteiger partial charge on any atom is 0.337 e. The Balaban J connectivity index is 0.000000412. The maximum atomic E-state index is 11.3. The third-order valence-electron chi connectivity index (χ3n) is 2.92. The van der Waals surface area contributed by atoms with Gasteiger partial charge >= 0.3 is 11.9 Å². The smallest absolute Gasteiger partial charge is 0.337 e. The molecule has 2 aromatic carbocycles. The molecule has 7 nitrogen and oxygen atoms in total. The number of aromatic carboxylic acids is 2. The van der Waals surface area contributed by atoms with Gasteiger partial charge in [0.05, 0.1) is 23.5 Å². The molecule has 0 atom stereocenters. The molecule has 0 amide bonds. The molecule has 0 aliphatic rings. The summed E-state index contributed by atoms with van der Waals surface area (Å²) in [6.07, 6.45) is 3.17. The molecule has 3 rings (SSSR count). The molecule has 0 spiro atoms. The molecule has 0 bridgehead atoms. The van der Waals surface area contributed by atoms with Crippen LogP contribution in [0.2, 0.25) is 0 Å². The fraction of sp³-hybridized carbons (Fsp3) is 0. The van der Waals surface area contributed by atoms with Gasteiger partial charge in [-0.25, -0.2) is 9.59 Å². The minimum absolute atomic E-state index is 0. The number of aromatic nitrogens is 3. The van der Waals surface area contributed by atoms with Crippen LogP contribution < -0.4 is 0 Å². The van der Waals surface area contributed by atoms with E-state index >= 15 is 0 Å². The van der Waals surface area contributed by atoms with Gasteiger partial charge in [-0.05, 0) is 17.2 Å². The molecule has 8 heteroatoms. The van der Waals surface area contributed by atoms with Crippen LogP contribution in [0.3, 0.4) is 0 Å². The Hall–Kier alpha value is -2.96. The number of hydrogen-bond acceptors (Lipinski definition) is 4. The summed E-state index contributed by atoms with van der Waals surface area (Å²) >= 11 is 0. The summed E-state index contributed by atoms with van der Waals surface area (Å²) in [6.45, 7) is 0. The standard InChI is InChI=1S/C14H10O4.C2H3N3.Cu/c15-13(16)11-8-4-7-10(12(11)14(17)18)9-5-2-1-3-6-9;1-2-4-5-3-1;/h1-8H,(H,15,16)(H,17,18);1-2H,(H,3,4,5);. The van der Waals surface area contributed by atoms with Gasteiger partial charge in [0.1, 0.15) is 0 Å². The van der Waals surface area contributed by atoms with E-state index in [4.69, 9.17) is 5.11 Å². The molecule has 1 radical (unpaired) electrons. The number of rotatable bonds is 3. The number of nitrogens with zero attached hydrogens (tertiary/aromatic N) is 2. The molecule has 1 heterocycles. The first-order valence-corrected chi connectivity index (χ1v) is 6.56. The van der Waals surface area contributed by atoms with Crippen LogP contribution in [0.15, 0.2) is 60.9 Å². The second-order valence-corrected chi connectivity index (χ2v) is 4.36. The minimum atomic E-state index is -1.25. The van der Waals surface area contributed by atoms with Gasteiger partial charge in [-0.1, -0.05) is 42.5 Å². The average molecular weight is 375 g/mol. The Labute approximate surface area is 147 Å². The predicted octanol–water partition coefficient (Wildman–Crippen LogP) is 2.55. The topological polar surface area (TPSA) is 116 Å². The second-order valence-electron chi connectivity index (χ2n) is 4.36. The van der Waals surface area contributed by atoms with Gasteiger partial charge in [-0.15, -0.1) is 0 Å². The van der Waals surface area contributed by atoms with Crippen molar-refractivity contribution >= 4 is 11.9 Å². The van der Waals surface area contributed by atoms with Crippen LogP contribution in [0.1, 0.15) is 20.7 Å². The summed E-state index contributed by atoms with van der Waals surface area (Å²) in [7, 11) is 0. The van der Waals surface area contributed by atoms with Gasteiger partial charge < -0.3 is 10.2 Å². The van der Waals surface area contributed by atoms with Crippen LogP contribution in [0.4, 0.5) is 0 Å². The zero-order valence-electron chi connectivity index (χ0n) is 12.2. The van der Waals surface area contributed by atoms with Crippen molar-refractivity contribution in [1.82, 2.24) is 15.4 Å². The molecule has 0 saturated heterocycles. The molecular formula is C16H13CuN3O4. The second kappa shape index (κ2) is 9.24. The third kappa shape index (κ3) is 4.77. The van der Waals surface area contributed by atoms with Gasteiger partial charge in [0.25, 0.3) is 0 Å². The van der Waals surface area contributed by atoms with Gasteiger partial charge in [0.2, 0.25) is 0 Å². The molecule has 0 fully saturated rings. The first-order chi connectivity index (χ1) is 11.1. The Kier molecular flexibility index (Phi) is 7.35. The van der Waals surface area contributed by atoms with Crippen molar-refractivity contribution in [3.05, 3.63) is 72.1 Å². The summed E-state index contributed by atoms with van der Waals surface area (Å²) in [5, 5.41) is 27.5. The van der Waals surface area contributed by atoms with Crippen LogP contribution in [-0.4, -0.2) is 37.6 Å². The zero-order valence-corrected chi connectivity index (χ0v) is 13.1. The summed E-state index contributed by atoms with van der Waals surface area (Å²) in [5.41, 5.74) is 0.695. The van der Waals surface area contributed by atoms with E-state index in [1.165, 1.54) is 12.1 Å². The third-order valence-corrected chi connectivity index (χ3v) is 2.92. The average Bonchev–Trinajstić information content (AvgIpc) is 3.14. The van der Waals surface area contributed by atoms with Crippen molar-refractivity contribution in [2.75, 3.05) is 0 Å². The number of nitrogens with one attached hydrogen (secondary N) is 1. The van der Waals surface area contributed by atoms with E-state index in [2.05, 4.69) is 15.4 Å². The van der Waals surface area contributed by atoms with E-state index < -0.39 is 11.9 Å². The summed E-state index contributed by atoms with van der Waals surface area (Å²) in [4.78, 5) is 22.3. The minimum Gasteiger partial charge on any atom is -0.478 e. The molecule has 3 aromatic rings. The largest absolute Gasteiger partial charge is 0.478 e. The summed E-state index contributed by atoms with van der Waals surface area (Å²) in [6, 6.07) is 13.3. The van der Waals surface area contributed by atoms with Crippen molar-refractivity contribution in [2.45, 2.75) is 0 Å². The van der Waals surface area contributed by atoms with Crippen molar-refractivity contribution < 1.29 is 36.9 Å². The van der Waals surface area contributed by atoms with Crippen LogP contribution >= 0.6 is 0 Å². The van der Waals surface area contributed by atoms with Crippen LogP contribution in [0.5, 0.6) is 0 Å². The van der Waals surface area contributed by atoms with Gasteiger partial charge in [-0.2, -0.15) is 15.4 Å². The first kappa shape index (κ1) is 19.1. The van der Waals surface area contributed by atoms with E-state index in [0.717, 1.165) is 0 Å². The first-order valence-electron chi connectivity index (χ1n) is 6.56. The number of carbonyl (C=O) groups is 2. The molecule has 0 aliphatic carbocycles. The van der Waals surface area contributed by atoms with Gasteiger partial charge in [0.15, 0.2) is 0 Å². The molecule has 0 saturated carbocycles. The Morgan fingerprint density at radius 3 is 1.92 bits per heavy atom. The molecule has 1 aromatic heterocycles. The van der Waals surface area contributed by atoms with Crippen LogP contribution in [-0.2, 0) is 17.1 Å². The molecule has 3 N–H and O–H groups in total. The molecule has 0 unspecified atom stereocenters. The predicted molar refractivity (Wildman–Crippen MR) is 82.2 cm³/mol. The number of hydrogen-bond donors (Lipinski definition) is 3. The van der Waals surface area contributed by atoms with Crippen molar-refractivity contribution in [3.8, 4) is 11.1 Å². The van der Waals surface area contributed by atoms with Crippen molar-refractivity contribution in [3.63, 3.8) is 0 Å².